The average molecular weight is 741 g/mol. The summed E-state index contributed by atoms with van der Waals surface area (Å²) in [6, 6.07) is 30.8. The van der Waals surface area contributed by atoms with Gasteiger partial charge in [-0.25, -0.2) is 29.9 Å². The minimum absolute atomic E-state index is 0.516. The molecular formula is C50H40N6O. The molecule has 4 aromatic carbocycles. The molecule has 3 heterocycles. The molecule has 0 N–H and O–H groups in total. The van der Waals surface area contributed by atoms with Crippen molar-refractivity contribution in [2.75, 3.05) is 0 Å². The van der Waals surface area contributed by atoms with Crippen molar-refractivity contribution in [3.63, 3.8) is 0 Å². The maximum Gasteiger partial charge on any atom is 0.164 e. The van der Waals surface area contributed by atoms with Gasteiger partial charge >= 0.3 is 0 Å². The molecule has 2 aliphatic carbocycles. The van der Waals surface area contributed by atoms with E-state index >= 15 is 0 Å². The van der Waals surface area contributed by atoms with Crippen LogP contribution in [0.2, 0.25) is 0 Å². The molecule has 0 saturated carbocycles. The maximum absolute atomic E-state index is 6.53. The Bertz CT molecular complexity index is 2850. The number of allylic oxidation sites excluding steroid dienone is 13. The standard InChI is InChI=1S/C50H40N6O/c1-3-5-20-34(4-2)46-51-44(31-33-18-9-6-10-19-33)52-49(54-46)41-30-29-37(38-26-17-27-40-39-25-15-16-28-43(39)57-45(38)40)32-42(41)50-55-47(35-21-11-7-12-22-35)53-48(56-50)36-23-13-8-14-24-36/h3-5,7,9,11-13,15-30,32H,2,6,8,10,14,31H2,1H3/b5-3-,34-20+. The van der Waals surface area contributed by atoms with Gasteiger partial charge in [0, 0.05) is 50.6 Å². The van der Waals surface area contributed by atoms with Crippen LogP contribution in [0.5, 0.6) is 0 Å². The van der Waals surface area contributed by atoms with Crippen LogP contribution in [0.25, 0.3) is 78.4 Å². The van der Waals surface area contributed by atoms with Crippen LogP contribution in [0, 0.1) is 0 Å². The molecule has 9 rings (SSSR count). The molecule has 0 fully saturated rings. The minimum atomic E-state index is 0.516. The Morgan fingerprint density at radius 3 is 2.23 bits per heavy atom. The molecule has 57 heavy (non-hydrogen) atoms. The molecule has 0 aliphatic heterocycles. The molecule has 7 aromatic rings. The molecule has 0 spiro atoms. The van der Waals surface area contributed by atoms with E-state index in [0.29, 0.717) is 41.4 Å². The third kappa shape index (κ3) is 7.35. The van der Waals surface area contributed by atoms with Crippen LogP contribution in [-0.4, -0.2) is 29.9 Å². The first-order valence-electron chi connectivity index (χ1n) is 19.5. The lowest BCUT2D eigenvalue weighted by molar-refractivity contribution is 0.670. The lowest BCUT2D eigenvalue weighted by Gasteiger charge is -2.15. The summed E-state index contributed by atoms with van der Waals surface area (Å²) >= 11 is 0. The van der Waals surface area contributed by atoms with Gasteiger partial charge in [0.25, 0.3) is 0 Å². The van der Waals surface area contributed by atoms with Crippen molar-refractivity contribution in [1.82, 2.24) is 29.9 Å². The van der Waals surface area contributed by atoms with E-state index in [2.05, 4.69) is 85.5 Å². The Hall–Kier alpha value is -7.12. The maximum atomic E-state index is 6.53. The summed E-state index contributed by atoms with van der Waals surface area (Å²) in [5, 5.41) is 2.13. The van der Waals surface area contributed by atoms with E-state index < -0.39 is 0 Å². The van der Waals surface area contributed by atoms with Crippen molar-refractivity contribution in [2.24, 2.45) is 0 Å². The SMILES string of the molecule is C=C/C(=C\C=C/C)c1nc(CC2=CCCC=C2)nc(-c2ccc(-c3cccc4c3oc3ccccc34)cc2-c2nc(C3=CCCC=C3)nc(-c3ccccc3)n2)n1. The number of hydrogen-bond acceptors (Lipinski definition) is 7. The molecule has 2 aliphatic rings. The number of furan rings is 1. The highest BCUT2D eigenvalue weighted by molar-refractivity contribution is 6.09. The highest BCUT2D eigenvalue weighted by Crippen LogP contribution is 2.40. The van der Waals surface area contributed by atoms with E-state index in [9.17, 15) is 0 Å². The first kappa shape index (κ1) is 35.6. The summed E-state index contributed by atoms with van der Waals surface area (Å²) in [4.78, 5) is 30.7. The second-order valence-electron chi connectivity index (χ2n) is 14.0. The van der Waals surface area contributed by atoms with Gasteiger partial charge in [-0.3, -0.25) is 0 Å². The van der Waals surface area contributed by atoms with Crippen LogP contribution in [0.3, 0.4) is 0 Å². The van der Waals surface area contributed by atoms with Gasteiger partial charge in [0.1, 0.15) is 17.0 Å². The van der Waals surface area contributed by atoms with Gasteiger partial charge in [-0.2, -0.15) is 0 Å². The van der Waals surface area contributed by atoms with Crippen molar-refractivity contribution in [2.45, 2.75) is 39.0 Å². The Morgan fingerprint density at radius 2 is 1.42 bits per heavy atom. The van der Waals surface area contributed by atoms with Crippen LogP contribution in [0.15, 0.2) is 168 Å². The number of benzene rings is 4. The molecule has 0 amide bonds. The lowest BCUT2D eigenvalue weighted by Crippen LogP contribution is -2.08. The van der Waals surface area contributed by atoms with E-state index in [1.54, 1.807) is 6.08 Å². The van der Waals surface area contributed by atoms with Crippen LogP contribution >= 0.6 is 0 Å². The number of fused-ring (bicyclic) bond motifs is 3. The Labute approximate surface area is 332 Å². The van der Waals surface area contributed by atoms with Crippen molar-refractivity contribution >= 4 is 33.1 Å². The van der Waals surface area contributed by atoms with Gasteiger partial charge in [-0.1, -0.05) is 140 Å². The number of aromatic nitrogens is 6. The van der Waals surface area contributed by atoms with Crippen molar-refractivity contribution in [1.29, 1.82) is 0 Å². The molecule has 0 atom stereocenters. The van der Waals surface area contributed by atoms with Gasteiger partial charge in [0.2, 0.25) is 0 Å². The van der Waals surface area contributed by atoms with Crippen molar-refractivity contribution in [3.8, 4) is 45.3 Å². The smallest absolute Gasteiger partial charge is 0.164 e. The zero-order valence-electron chi connectivity index (χ0n) is 31.8. The monoisotopic (exact) mass is 740 g/mol. The average Bonchev–Trinajstić information content (AvgIpc) is 3.66. The Kier molecular flexibility index (Phi) is 9.94. The molecular weight excluding hydrogens is 701 g/mol. The van der Waals surface area contributed by atoms with E-state index in [1.165, 1.54) is 5.57 Å². The van der Waals surface area contributed by atoms with Crippen LogP contribution in [0.4, 0.5) is 0 Å². The predicted octanol–water partition coefficient (Wildman–Crippen LogP) is 12.3. The largest absolute Gasteiger partial charge is 0.455 e. The molecule has 0 radical (unpaired) electrons. The van der Waals surface area contributed by atoms with E-state index in [4.69, 9.17) is 34.3 Å². The third-order valence-electron chi connectivity index (χ3n) is 10.2. The number of hydrogen-bond donors (Lipinski definition) is 0. The zero-order chi connectivity index (χ0) is 38.6. The topological polar surface area (TPSA) is 90.5 Å². The van der Waals surface area contributed by atoms with Crippen molar-refractivity contribution in [3.05, 3.63) is 181 Å². The molecule has 0 saturated heterocycles. The Balaban J connectivity index is 1.30. The zero-order valence-corrected chi connectivity index (χ0v) is 31.8. The van der Waals surface area contributed by atoms with E-state index in [-0.39, 0.29) is 0 Å². The quantitative estimate of drug-likeness (QED) is 0.129. The highest BCUT2D eigenvalue weighted by Gasteiger charge is 2.22. The van der Waals surface area contributed by atoms with E-state index in [0.717, 1.165) is 86.6 Å². The summed E-state index contributed by atoms with van der Waals surface area (Å²) in [7, 11) is 0. The van der Waals surface area contributed by atoms with Gasteiger partial charge in [0.15, 0.2) is 29.1 Å². The fraction of sp³-hybridized carbons (Fsp3) is 0.120. The normalized spacial score (nSPS) is 14.4. The molecule has 0 bridgehead atoms. The summed E-state index contributed by atoms with van der Waals surface area (Å²) in [5.74, 6) is 3.45. The molecule has 3 aromatic heterocycles. The second kappa shape index (κ2) is 15.9. The summed E-state index contributed by atoms with van der Waals surface area (Å²) in [5.41, 5.74) is 8.95. The van der Waals surface area contributed by atoms with Gasteiger partial charge in [-0.15, -0.1) is 0 Å². The molecule has 0 unspecified atom stereocenters. The first-order valence-corrected chi connectivity index (χ1v) is 19.5. The lowest BCUT2D eigenvalue weighted by atomic mass is 9.96. The number of nitrogens with zero attached hydrogens (tertiary/aromatic N) is 6. The predicted molar refractivity (Wildman–Crippen MR) is 232 cm³/mol. The van der Waals surface area contributed by atoms with Crippen LogP contribution < -0.4 is 0 Å². The summed E-state index contributed by atoms with van der Waals surface area (Å²) in [6.45, 7) is 6.09. The molecule has 7 nitrogen and oxygen atoms in total. The van der Waals surface area contributed by atoms with Gasteiger partial charge < -0.3 is 4.42 Å². The highest BCUT2D eigenvalue weighted by atomic mass is 16.3. The minimum Gasteiger partial charge on any atom is -0.455 e. The number of rotatable bonds is 10. The van der Waals surface area contributed by atoms with Crippen LogP contribution in [-0.2, 0) is 6.42 Å². The van der Waals surface area contributed by atoms with Crippen molar-refractivity contribution < 1.29 is 4.42 Å². The van der Waals surface area contributed by atoms with Crippen LogP contribution in [0.1, 0.15) is 50.1 Å². The van der Waals surface area contributed by atoms with E-state index in [1.807, 2.05) is 73.7 Å². The fourth-order valence-corrected chi connectivity index (χ4v) is 7.35. The summed E-state index contributed by atoms with van der Waals surface area (Å²) in [6.07, 6.45) is 25.3. The third-order valence-corrected chi connectivity index (χ3v) is 10.2. The fourth-order valence-electron chi connectivity index (χ4n) is 7.35. The second-order valence-corrected chi connectivity index (χ2v) is 14.0. The molecule has 276 valence electrons. The summed E-state index contributed by atoms with van der Waals surface area (Å²) < 4.78 is 6.53. The Morgan fingerprint density at radius 1 is 0.649 bits per heavy atom. The molecule has 7 heteroatoms. The first-order chi connectivity index (χ1) is 28.1. The number of para-hydroxylation sites is 2. The van der Waals surface area contributed by atoms with Gasteiger partial charge in [0.05, 0.1) is 0 Å². The van der Waals surface area contributed by atoms with Gasteiger partial charge in [-0.05, 0) is 61.9 Å².